The first-order valence-electron chi connectivity index (χ1n) is 7.53. The third-order valence-electron chi connectivity index (χ3n) is 4.05. The molecule has 24 heavy (non-hydrogen) atoms. The van der Waals surface area contributed by atoms with Crippen LogP contribution in [0.1, 0.15) is 41.8 Å². The molecule has 2 unspecified atom stereocenters. The van der Waals surface area contributed by atoms with Crippen molar-refractivity contribution in [3.63, 3.8) is 0 Å². The Morgan fingerprint density at radius 1 is 1.08 bits per heavy atom. The summed E-state index contributed by atoms with van der Waals surface area (Å²) in [5, 5.41) is 0. The average molecular weight is 338 g/mol. The van der Waals surface area contributed by atoms with Crippen molar-refractivity contribution in [1.82, 2.24) is 4.98 Å². The van der Waals surface area contributed by atoms with Crippen LogP contribution in [0.5, 0.6) is 11.6 Å². The van der Waals surface area contributed by atoms with E-state index in [0.29, 0.717) is 30.2 Å². The average Bonchev–Trinajstić information content (AvgIpc) is 2.57. The molecule has 0 saturated heterocycles. The zero-order chi connectivity index (χ0) is 17.3. The first-order valence-corrected chi connectivity index (χ1v) is 7.53. The van der Waals surface area contributed by atoms with E-state index < -0.39 is 11.7 Å². The van der Waals surface area contributed by atoms with Crippen LogP contribution in [-0.4, -0.2) is 12.1 Å². The maximum Gasteiger partial charge on any atom is 0.416 e. The number of alkyl halides is 3. The van der Waals surface area contributed by atoms with Crippen LogP contribution in [-0.2, 0) is 6.18 Å². The minimum absolute atomic E-state index is 0.133. The molecule has 0 fully saturated rings. The summed E-state index contributed by atoms with van der Waals surface area (Å²) in [6.45, 7) is 0. The van der Waals surface area contributed by atoms with Gasteiger partial charge in [0.1, 0.15) is 11.9 Å². The Bertz CT molecular complexity index is 717. The molecule has 0 spiro atoms. The molecule has 4 nitrogen and oxygen atoms in total. The summed E-state index contributed by atoms with van der Waals surface area (Å²) in [5.74, 6) is 0.808. The molecule has 1 aromatic heterocycles. The number of pyridine rings is 1. The summed E-state index contributed by atoms with van der Waals surface area (Å²) in [6, 6.07) is 8.10. The molecule has 2 aromatic rings. The van der Waals surface area contributed by atoms with Crippen LogP contribution in [0.2, 0.25) is 0 Å². The predicted octanol–water partition coefficient (Wildman–Crippen LogP) is 4.02. The fourth-order valence-electron chi connectivity index (χ4n) is 2.78. The Balaban J connectivity index is 1.85. The monoisotopic (exact) mass is 338 g/mol. The van der Waals surface area contributed by atoms with Gasteiger partial charge in [0.15, 0.2) is 0 Å². The standard InChI is InChI=1S/C17H17F3N2O2/c1-23-15-9-6-12-13(21)7-8-14(16(12)22-15)24-11-4-2-10(3-5-11)17(18,19)20/h2-6,9,13-14H,7-8,21H2,1H3. The highest BCUT2D eigenvalue weighted by Crippen LogP contribution is 2.38. The van der Waals surface area contributed by atoms with E-state index in [1.165, 1.54) is 19.2 Å². The molecule has 1 heterocycles. The van der Waals surface area contributed by atoms with Gasteiger partial charge >= 0.3 is 6.18 Å². The van der Waals surface area contributed by atoms with E-state index in [9.17, 15) is 13.2 Å². The van der Waals surface area contributed by atoms with Crippen LogP contribution in [0.3, 0.4) is 0 Å². The number of aromatic nitrogens is 1. The van der Waals surface area contributed by atoms with Gasteiger partial charge in [-0.05, 0) is 42.7 Å². The first-order chi connectivity index (χ1) is 11.4. The summed E-state index contributed by atoms with van der Waals surface area (Å²) in [7, 11) is 1.52. The zero-order valence-corrected chi connectivity index (χ0v) is 13.0. The lowest BCUT2D eigenvalue weighted by molar-refractivity contribution is -0.137. The molecule has 1 aliphatic carbocycles. The highest BCUT2D eigenvalue weighted by Gasteiger charge is 2.31. The summed E-state index contributed by atoms with van der Waals surface area (Å²) < 4.78 is 48.9. The first kappa shape index (κ1) is 16.6. The van der Waals surface area contributed by atoms with E-state index in [1.54, 1.807) is 6.07 Å². The fourth-order valence-corrected chi connectivity index (χ4v) is 2.78. The van der Waals surface area contributed by atoms with Crippen molar-refractivity contribution in [2.45, 2.75) is 31.2 Å². The van der Waals surface area contributed by atoms with Gasteiger partial charge in [0.05, 0.1) is 18.4 Å². The molecule has 128 valence electrons. The van der Waals surface area contributed by atoms with E-state index >= 15 is 0 Å². The number of halogens is 3. The molecule has 3 rings (SSSR count). The van der Waals surface area contributed by atoms with Crippen LogP contribution in [0.15, 0.2) is 36.4 Å². The second kappa shape index (κ2) is 6.32. The van der Waals surface area contributed by atoms with Crippen molar-refractivity contribution in [2.75, 3.05) is 7.11 Å². The molecule has 0 aliphatic heterocycles. The Kier molecular flexibility index (Phi) is 4.36. The number of methoxy groups -OCH3 is 1. The Hall–Kier alpha value is -2.28. The van der Waals surface area contributed by atoms with Gasteiger partial charge in [-0.3, -0.25) is 0 Å². The molecule has 0 radical (unpaired) electrons. The smallest absolute Gasteiger partial charge is 0.416 e. The van der Waals surface area contributed by atoms with Gasteiger partial charge in [-0.25, -0.2) is 4.98 Å². The minimum Gasteiger partial charge on any atom is -0.484 e. The van der Waals surface area contributed by atoms with E-state index in [4.69, 9.17) is 15.2 Å². The molecular weight excluding hydrogens is 321 g/mol. The van der Waals surface area contributed by atoms with Crippen molar-refractivity contribution in [3.8, 4) is 11.6 Å². The van der Waals surface area contributed by atoms with Gasteiger partial charge in [-0.2, -0.15) is 13.2 Å². The topological polar surface area (TPSA) is 57.4 Å². The quantitative estimate of drug-likeness (QED) is 0.918. The van der Waals surface area contributed by atoms with E-state index in [-0.39, 0.29) is 12.1 Å². The van der Waals surface area contributed by atoms with Crippen molar-refractivity contribution >= 4 is 0 Å². The van der Waals surface area contributed by atoms with Crippen molar-refractivity contribution < 1.29 is 22.6 Å². The molecule has 2 atom stereocenters. The van der Waals surface area contributed by atoms with Gasteiger partial charge in [0, 0.05) is 12.1 Å². The van der Waals surface area contributed by atoms with Crippen molar-refractivity contribution in [2.24, 2.45) is 5.73 Å². The Morgan fingerprint density at radius 3 is 2.42 bits per heavy atom. The summed E-state index contributed by atoms with van der Waals surface area (Å²) in [4.78, 5) is 4.41. The van der Waals surface area contributed by atoms with Crippen LogP contribution < -0.4 is 15.2 Å². The van der Waals surface area contributed by atoms with Crippen LogP contribution in [0.4, 0.5) is 13.2 Å². The lowest BCUT2D eigenvalue weighted by atomic mass is 9.90. The maximum absolute atomic E-state index is 12.6. The number of ether oxygens (including phenoxy) is 2. The SMILES string of the molecule is COc1ccc2c(n1)C(Oc1ccc(C(F)(F)F)cc1)CCC2N. The lowest BCUT2D eigenvalue weighted by Crippen LogP contribution is -2.24. The normalized spacial score (nSPS) is 20.4. The number of nitrogens with zero attached hydrogens (tertiary/aromatic N) is 1. The second-order valence-corrected chi connectivity index (χ2v) is 5.64. The summed E-state index contributed by atoms with van der Waals surface area (Å²) in [6.07, 6.45) is -3.38. The second-order valence-electron chi connectivity index (χ2n) is 5.64. The number of nitrogens with two attached hydrogens (primary N) is 1. The zero-order valence-electron chi connectivity index (χ0n) is 13.0. The van der Waals surface area contributed by atoms with Crippen molar-refractivity contribution in [3.05, 3.63) is 53.2 Å². The maximum atomic E-state index is 12.6. The number of fused-ring (bicyclic) bond motifs is 1. The van der Waals surface area contributed by atoms with E-state index in [1.807, 2.05) is 6.07 Å². The van der Waals surface area contributed by atoms with Crippen molar-refractivity contribution in [1.29, 1.82) is 0 Å². The molecule has 7 heteroatoms. The van der Waals surface area contributed by atoms with Gasteiger partial charge < -0.3 is 15.2 Å². The molecule has 0 amide bonds. The largest absolute Gasteiger partial charge is 0.484 e. The third-order valence-corrected chi connectivity index (χ3v) is 4.05. The van der Waals surface area contributed by atoms with Gasteiger partial charge in [-0.1, -0.05) is 6.07 Å². The Labute approximate surface area is 137 Å². The number of benzene rings is 1. The third kappa shape index (κ3) is 3.31. The fraction of sp³-hybridized carbons (Fsp3) is 0.353. The van der Waals surface area contributed by atoms with E-state index in [2.05, 4.69) is 4.98 Å². The van der Waals surface area contributed by atoms with E-state index in [0.717, 1.165) is 17.7 Å². The number of hydrogen-bond donors (Lipinski definition) is 1. The highest BCUT2D eigenvalue weighted by atomic mass is 19.4. The lowest BCUT2D eigenvalue weighted by Gasteiger charge is -2.29. The van der Waals surface area contributed by atoms with Crippen LogP contribution in [0, 0.1) is 0 Å². The van der Waals surface area contributed by atoms with Gasteiger partial charge in [-0.15, -0.1) is 0 Å². The number of rotatable bonds is 3. The molecule has 1 aromatic carbocycles. The minimum atomic E-state index is -4.36. The molecular formula is C17H17F3N2O2. The molecule has 0 saturated carbocycles. The summed E-state index contributed by atoms with van der Waals surface area (Å²) in [5.41, 5.74) is 6.94. The molecule has 0 bridgehead atoms. The van der Waals surface area contributed by atoms with Crippen LogP contribution >= 0.6 is 0 Å². The molecule has 2 N–H and O–H groups in total. The van der Waals surface area contributed by atoms with Crippen LogP contribution in [0.25, 0.3) is 0 Å². The highest BCUT2D eigenvalue weighted by molar-refractivity contribution is 5.34. The molecule has 1 aliphatic rings. The Morgan fingerprint density at radius 2 is 1.79 bits per heavy atom. The summed E-state index contributed by atoms with van der Waals surface area (Å²) >= 11 is 0. The number of hydrogen-bond acceptors (Lipinski definition) is 4. The van der Waals surface area contributed by atoms with Gasteiger partial charge in [0.25, 0.3) is 0 Å². The predicted molar refractivity (Wildman–Crippen MR) is 81.8 cm³/mol. The van der Waals surface area contributed by atoms with Gasteiger partial charge in [0.2, 0.25) is 5.88 Å².